The van der Waals surface area contributed by atoms with E-state index in [9.17, 15) is 4.79 Å². The van der Waals surface area contributed by atoms with Crippen LogP contribution in [0.5, 0.6) is 0 Å². The van der Waals surface area contributed by atoms with Gasteiger partial charge in [0.2, 0.25) is 0 Å². The van der Waals surface area contributed by atoms with E-state index in [2.05, 4.69) is 21.0 Å². The van der Waals surface area contributed by atoms with Gasteiger partial charge in [-0.2, -0.15) is 0 Å². The summed E-state index contributed by atoms with van der Waals surface area (Å²) < 4.78 is 2.05. The van der Waals surface area contributed by atoms with Gasteiger partial charge in [-0.3, -0.25) is 9.78 Å². The van der Waals surface area contributed by atoms with Gasteiger partial charge < -0.3 is 9.47 Å². The summed E-state index contributed by atoms with van der Waals surface area (Å²) in [4.78, 5) is 26.9. The smallest absolute Gasteiger partial charge is 0.278 e. The summed E-state index contributed by atoms with van der Waals surface area (Å²) in [6, 6.07) is 8.16. The number of carbonyl (C=O) groups excluding carboxylic acids is 1. The van der Waals surface area contributed by atoms with Gasteiger partial charge in [-0.15, -0.1) is 0 Å². The average molecular weight is 305 g/mol. The summed E-state index contributed by atoms with van der Waals surface area (Å²) in [5.41, 5.74) is 2.45. The summed E-state index contributed by atoms with van der Waals surface area (Å²) in [6.45, 7) is 0.586. The molecule has 3 heterocycles. The highest BCUT2D eigenvalue weighted by molar-refractivity contribution is 6.05. The molecule has 1 aromatic carbocycles. The first-order valence-corrected chi connectivity index (χ1v) is 7.46. The Bertz CT molecular complexity index is 816. The van der Waals surface area contributed by atoms with Crippen LogP contribution in [0.25, 0.3) is 0 Å². The average Bonchev–Trinajstić information content (AvgIpc) is 3.15. The van der Waals surface area contributed by atoms with Crippen LogP contribution in [-0.2, 0) is 6.42 Å². The molecule has 1 aliphatic heterocycles. The highest BCUT2D eigenvalue weighted by atomic mass is 16.2. The largest absolute Gasteiger partial charge is 0.332 e. The van der Waals surface area contributed by atoms with Crippen LogP contribution in [0, 0.1) is 0 Å². The zero-order chi connectivity index (χ0) is 15.6. The predicted octanol–water partition coefficient (Wildman–Crippen LogP) is 2.12. The number of imidazole rings is 1. The Morgan fingerprint density at radius 1 is 1.13 bits per heavy atom. The van der Waals surface area contributed by atoms with Crippen LogP contribution in [-0.4, -0.2) is 32.0 Å². The second-order valence-corrected chi connectivity index (χ2v) is 5.50. The van der Waals surface area contributed by atoms with E-state index in [-0.39, 0.29) is 11.9 Å². The van der Waals surface area contributed by atoms with E-state index >= 15 is 0 Å². The SMILES string of the molecule is O=C(c1cnccn1)N1CC(n2ccnc2)Cc2ccccc21. The number of anilines is 1. The normalized spacial score (nSPS) is 16.9. The van der Waals surface area contributed by atoms with Gasteiger partial charge in [-0.05, 0) is 18.1 Å². The standard InChI is InChI=1S/C17H15N5O/c23-17(15-10-18-5-6-20-15)22-11-14(21-8-7-19-12-21)9-13-3-1-2-4-16(13)22/h1-8,10,12,14H,9,11H2. The minimum atomic E-state index is -0.129. The number of rotatable bonds is 2. The topological polar surface area (TPSA) is 63.9 Å². The highest BCUT2D eigenvalue weighted by Crippen LogP contribution is 2.32. The molecule has 0 radical (unpaired) electrons. The first-order valence-electron chi connectivity index (χ1n) is 7.46. The van der Waals surface area contributed by atoms with Gasteiger partial charge in [0.15, 0.2) is 0 Å². The van der Waals surface area contributed by atoms with Crippen LogP contribution >= 0.6 is 0 Å². The molecule has 23 heavy (non-hydrogen) atoms. The molecule has 0 spiro atoms. The molecule has 0 saturated heterocycles. The van der Waals surface area contributed by atoms with Crippen molar-refractivity contribution in [3.8, 4) is 0 Å². The molecular formula is C17H15N5O. The van der Waals surface area contributed by atoms with Crippen molar-refractivity contribution < 1.29 is 4.79 Å². The Kier molecular flexibility index (Phi) is 3.34. The molecule has 1 amide bonds. The quantitative estimate of drug-likeness (QED) is 0.727. The molecule has 0 saturated carbocycles. The van der Waals surface area contributed by atoms with Crippen molar-refractivity contribution in [1.29, 1.82) is 0 Å². The zero-order valence-corrected chi connectivity index (χ0v) is 12.4. The lowest BCUT2D eigenvalue weighted by Crippen LogP contribution is -2.41. The zero-order valence-electron chi connectivity index (χ0n) is 12.4. The van der Waals surface area contributed by atoms with Crippen LogP contribution in [0.2, 0.25) is 0 Å². The van der Waals surface area contributed by atoms with Crippen molar-refractivity contribution in [3.05, 3.63) is 72.8 Å². The van der Waals surface area contributed by atoms with Crippen LogP contribution in [0.3, 0.4) is 0 Å². The van der Waals surface area contributed by atoms with E-state index in [1.807, 2.05) is 29.0 Å². The van der Waals surface area contributed by atoms with E-state index in [1.165, 1.54) is 12.4 Å². The highest BCUT2D eigenvalue weighted by Gasteiger charge is 2.30. The maximum absolute atomic E-state index is 12.9. The maximum atomic E-state index is 12.9. The fourth-order valence-corrected chi connectivity index (χ4v) is 3.00. The number of fused-ring (bicyclic) bond motifs is 1. The second-order valence-electron chi connectivity index (χ2n) is 5.50. The molecule has 114 valence electrons. The van der Waals surface area contributed by atoms with Gasteiger partial charge in [-0.25, -0.2) is 9.97 Å². The van der Waals surface area contributed by atoms with Gasteiger partial charge in [0.1, 0.15) is 5.69 Å². The molecular weight excluding hydrogens is 290 g/mol. The Morgan fingerprint density at radius 2 is 2.04 bits per heavy atom. The fourth-order valence-electron chi connectivity index (χ4n) is 3.00. The number of para-hydroxylation sites is 1. The molecule has 0 aliphatic carbocycles. The van der Waals surface area contributed by atoms with Crippen LogP contribution < -0.4 is 4.90 Å². The molecule has 6 nitrogen and oxygen atoms in total. The number of amides is 1. The number of carbonyl (C=O) groups is 1. The van der Waals surface area contributed by atoms with Gasteiger partial charge in [0.05, 0.1) is 18.6 Å². The predicted molar refractivity (Wildman–Crippen MR) is 85.1 cm³/mol. The lowest BCUT2D eigenvalue weighted by Gasteiger charge is -2.35. The van der Waals surface area contributed by atoms with Gasteiger partial charge in [-0.1, -0.05) is 18.2 Å². The van der Waals surface area contributed by atoms with Crippen molar-refractivity contribution in [3.63, 3.8) is 0 Å². The maximum Gasteiger partial charge on any atom is 0.278 e. The molecule has 2 aromatic heterocycles. The van der Waals surface area contributed by atoms with E-state index in [0.717, 1.165) is 17.7 Å². The monoisotopic (exact) mass is 305 g/mol. The van der Waals surface area contributed by atoms with Crippen LogP contribution in [0.4, 0.5) is 5.69 Å². The molecule has 6 heteroatoms. The molecule has 1 unspecified atom stereocenters. The Labute approximate surface area is 133 Å². The Hall–Kier alpha value is -3.02. The van der Waals surface area contributed by atoms with Crippen LogP contribution in [0.1, 0.15) is 22.1 Å². The van der Waals surface area contributed by atoms with E-state index in [1.54, 1.807) is 23.6 Å². The van der Waals surface area contributed by atoms with Crippen molar-refractivity contribution in [2.24, 2.45) is 0 Å². The Balaban J connectivity index is 1.74. The summed E-state index contributed by atoms with van der Waals surface area (Å²) in [7, 11) is 0. The number of nitrogens with zero attached hydrogens (tertiary/aromatic N) is 5. The first kappa shape index (κ1) is 13.6. The Morgan fingerprint density at radius 3 is 2.83 bits per heavy atom. The van der Waals surface area contributed by atoms with Crippen molar-refractivity contribution in [2.75, 3.05) is 11.4 Å². The van der Waals surface area contributed by atoms with E-state index in [0.29, 0.717) is 12.2 Å². The van der Waals surface area contributed by atoms with E-state index < -0.39 is 0 Å². The molecule has 0 fully saturated rings. The third-order valence-corrected chi connectivity index (χ3v) is 4.11. The van der Waals surface area contributed by atoms with E-state index in [4.69, 9.17) is 0 Å². The molecule has 4 rings (SSSR count). The van der Waals surface area contributed by atoms with Crippen molar-refractivity contribution >= 4 is 11.6 Å². The molecule has 3 aromatic rings. The number of aromatic nitrogens is 4. The fraction of sp³-hybridized carbons (Fsp3) is 0.176. The molecule has 1 aliphatic rings. The van der Waals surface area contributed by atoms with Gasteiger partial charge >= 0.3 is 0 Å². The molecule has 0 bridgehead atoms. The lowest BCUT2D eigenvalue weighted by atomic mass is 9.97. The summed E-state index contributed by atoms with van der Waals surface area (Å²) >= 11 is 0. The number of hydrogen-bond donors (Lipinski definition) is 0. The van der Waals surface area contributed by atoms with Gasteiger partial charge in [0, 0.05) is 37.0 Å². The van der Waals surface area contributed by atoms with Gasteiger partial charge in [0.25, 0.3) is 5.91 Å². The summed E-state index contributed by atoms with van der Waals surface area (Å²) in [5, 5.41) is 0. The third-order valence-electron chi connectivity index (χ3n) is 4.11. The minimum Gasteiger partial charge on any atom is -0.332 e. The molecule has 0 N–H and O–H groups in total. The molecule has 1 atom stereocenters. The first-order chi connectivity index (χ1) is 11.3. The summed E-state index contributed by atoms with van der Waals surface area (Å²) in [5.74, 6) is -0.129. The van der Waals surface area contributed by atoms with Crippen molar-refractivity contribution in [2.45, 2.75) is 12.5 Å². The van der Waals surface area contributed by atoms with Crippen LogP contribution in [0.15, 0.2) is 61.6 Å². The van der Waals surface area contributed by atoms with Crippen molar-refractivity contribution in [1.82, 2.24) is 19.5 Å². The minimum absolute atomic E-state index is 0.129. The number of benzene rings is 1. The lowest BCUT2D eigenvalue weighted by molar-refractivity contribution is 0.0975. The third kappa shape index (κ3) is 2.48. The number of hydrogen-bond acceptors (Lipinski definition) is 4. The second kappa shape index (κ2) is 5.64. The summed E-state index contributed by atoms with van der Waals surface area (Å²) in [6.07, 6.45) is 11.0.